The number of methoxy groups -OCH3 is 1. The first-order valence-corrected chi connectivity index (χ1v) is 3.99. The van der Waals surface area contributed by atoms with E-state index in [9.17, 15) is 0 Å². The van der Waals surface area contributed by atoms with Gasteiger partial charge in [-0.05, 0) is 17.5 Å². The van der Waals surface area contributed by atoms with Crippen molar-refractivity contribution in [3.8, 4) is 5.75 Å². The lowest BCUT2D eigenvalue weighted by Crippen LogP contribution is -1.93. The van der Waals surface area contributed by atoms with E-state index >= 15 is 0 Å². The van der Waals surface area contributed by atoms with Gasteiger partial charge in [0, 0.05) is 17.8 Å². The lowest BCUT2D eigenvalue weighted by molar-refractivity contribution is 0.422. The minimum atomic E-state index is 0.642. The molecule has 2 aromatic rings. The standard InChI is InChI=1S/C10H10N2O/c1-13-10-8-6-12-5-4-7(8)2-3-9(10)11/h2-6H,11H2,1H3. The fraction of sp³-hybridized carbons (Fsp3) is 0.100. The molecule has 1 heterocycles. The monoisotopic (exact) mass is 174 g/mol. The number of hydrogen-bond acceptors (Lipinski definition) is 3. The van der Waals surface area contributed by atoms with Crippen molar-refractivity contribution in [1.29, 1.82) is 0 Å². The van der Waals surface area contributed by atoms with Crippen LogP contribution in [0.15, 0.2) is 30.6 Å². The van der Waals surface area contributed by atoms with Gasteiger partial charge < -0.3 is 10.5 Å². The Morgan fingerprint density at radius 1 is 1.31 bits per heavy atom. The first-order valence-electron chi connectivity index (χ1n) is 3.99. The predicted octanol–water partition coefficient (Wildman–Crippen LogP) is 1.83. The Morgan fingerprint density at radius 3 is 2.92 bits per heavy atom. The Morgan fingerprint density at radius 2 is 2.15 bits per heavy atom. The van der Waals surface area contributed by atoms with Gasteiger partial charge in [-0.25, -0.2) is 0 Å². The van der Waals surface area contributed by atoms with Crippen molar-refractivity contribution < 1.29 is 4.74 Å². The van der Waals surface area contributed by atoms with E-state index in [4.69, 9.17) is 10.5 Å². The van der Waals surface area contributed by atoms with Crippen molar-refractivity contribution in [2.24, 2.45) is 0 Å². The molecule has 3 heteroatoms. The van der Waals surface area contributed by atoms with E-state index < -0.39 is 0 Å². The van der Waals surface area contributed by atoms with Gasteiger partial charge >= 0.3 is 0 Å². The van der Waals surface area contributed by atoms with E-state index in [1.807, 2.05) is 18.2 Å². The Balaban J connectivity index is 2.84. The van der Waals surface area contributed by atoms with Gasteiger partial charge in [0.2, 0.25) is 0 Å². The maximum absolute atomic E-state index is 5.74. The summed E-state index contributed by atoms with van der Waals surface area (Å²) >= 11 is 0. The normalized spacial score (nSPS) is 10.2. The zero-order valence-electron chi connectivity index (χ0n) is 7.32. The van der Waals surface area contributed by atoms with E-state index in [0.29, 0.717) is 11.4 Å². The summed E-state index contributed by atoms with van der Waals surface area (Å²) in [6.07, 6.45) is 3.50. The highest BCUT2D eigenvalue weighted by Gasteiger charge is 2.04. The van der Waals surface area contributed by atoms with Crippen LogP contribution in [0.2, 0.25) is 0 Å². The number of nitrogens with zero attached hydrogens (tertiary/aromatic N) is 1. The molecule has 0 saturated carbocycles. The molecular formula is C10H10N2O. The number of nitrogen functional groups attached to an aromatic ring is 1. The van der Waals surface area contributed by atoms with Crippen LogP contribution in [-0.2, 0) is 0 Å². The lowest BCUT2D eigenvalue weighted by atomic mass is 10.1. The molecule has 3 nitrogen and oxygen atoms in total. The Labute approximate surface area is 76.2 Å². The van der Waals surface area contributed by atoms with Crippen LogP contribution in [0, 0.1) is 0 Å². The smallest absolute Gasteiger partial charge is 0.151 e. The van der Waals surface area contributed by atoms with Crippen molar-refractivity contribution >= 4 is 16.5 Å². The summed E-state index contributed by atoms with van der Waals surface area (Å²) < 4.78 is 5.19. The number of fused-ring (bicyclic) bond motifs is 1. The lowest BCUT2D eigenvalue weighted by Gasteiger charge is -2.07. The zero-order valence-corrected chi connectivity index (χ0v) is 7.32. The number of hydrogen-bond donors (Lipinski definition) is 1. The molecule has 0 aliphatic heterocycles. The number of pyridine rings is 1. The third-order valence-corrected chi connectivity index (χ3v) is 2.01. The fourth-order valence-corrected chi connectivity index (χ4v) is 1.38. The molecule has 0 atom stereocenters. The molecule has 0 spiro atoms. The largest absolute Gasteiger partial charge is 0.494 e. The minimum absolute atomic E-state index is 0.642. The summed E-state index contributed by atoms with van der Waals surface area (Å²) in [6, 6.07) is 5.72. The van der Waals surface area contributed by atoms with E-state index in [1.54, 1.807) is 19.5 Å². The number of nitrogens with two attached hydrogens (primary N) is 1. The van der Waals surface area contributed by atoms with E-state index in [-0.39, 0.29) is 0 Å². The van der Waals surface area contributed by atoms with Crippen molar-refractivity contribution in [1.82, 2.24) is 4.98 Å². The molecule has 0 fully saturated rings. The van der Waals surface area contributed by atoms with Crippen LogP contribution in [-0.4, -0.2) is 12.1 Å². The first-order chi connectivity index (χ1) is 6.33. The molecule has 13 heavy (non-hydrogen) atoms. The van der Waals surface area contributed by atoms with Crippen molar-refractivity contribution in [3.05, 3.63) is 30.6 Å². The Kier molecular flexibility index (Phi) is 1.77. The minimum Gasteiger partial charge on any atom is -0.494 e. The molecule has 66 valence electrons. The average molecular weight is 174 g/mol. The van der Waals surface area contributed by atoms with Crippen LogP contribution in [0.25, 0.3) is 10.8 Å². The SMILES string of the molecule is COc1c(N)ccc2ccncc12. The summed E-state index contributed by atoms with van der Waals surface area (Å²) in [5.74, 6) is 0.700. The third-order valence-electron chi connectivity index (χ3n) is 2.01. The molecule has 2 rings (SSSR count). The molecule has 0 unspecified atom stereocenters. The van der Waals surface area contributed by atoms with Gasteiger partial charge in [-0.15, -0.1) is 0 Å². The highest BCUT2D eigenvalue weighted by Crippen LogP contribution is 2.30. The highest BCUT2D eigenvalue weighted by atomic mass is 16.5. The van der Waals surface area contributed by atoms with Gasteiger partial charge in [-0.1, -0.05) is 6.07 Å². The molecule has 0 saturated heterocycles. The molecule has 0 radical (unpaired) electrons. The number of ether oxygens (including phenoxy) is 1. The molecular weight excluding hydrogens is 164 g/mol. The molecule has 0 bridgehead atoms. The number of aromatic nitrogens is 1. The van der Waals surface area contributed by atoms with Gasteiger partial charge in [-0.3, -0.25) is 4.98 Å². The topological polar surface area (TPSA) is 48.1 Å². The summed E-state index contributed by atoms with van der Waals surface area (Å²) in [7, 11) is 1.61. The second kappa shape index (κ2) is 2.94. The second-order valence-corrected chi connectivity index (χ2v) is 2.78. The first kappa shape index (κ1) is 7.86. The third kappa shape index (κ3) is 1.18. The number of benzene rings is 1. The quantitative estimate of drug-likeness (QED) is 0.671. The van der Waals surface area contributed by atoms with Crippen molar-refractivity contribution in [3.63, 3.8) is 0 Å². The molecule has 1 aromatic carbocycles. The summed E-state index contributed by atoms with van der Waals surface area (Å²) in [5.41, 5.74) is 6.39. The van der Waals surface area contributed by atoms with Gasteiger partial charge in [0.1, 0.15) is 0 Å². The molecule has 0 aliphatic rings. The van der Waals surface area contributed by atoms with Crippen LogP contribution in [0.3, 0.4) is 0 Å². The van der Waals surface area contributed by atoms with E-state index in [1.165, 1.54) is 0 Å². The average Bonchev–Trinajstić information content (AvgIpc) is 2.18. The van der Waals surface area contributed by atoms with Gasteiger partial charge in [0.15, 0.2) is 5.75 Å². The molecule has 0 amide bonds. The summed E-state index contributed by atoms with van der Waals surface area (Å²) in [6.45, 7) is 0. The molecule has 0 aliphatic carbocycles. The maximum atomic E-state index is 5.74. The van der Waals surface area contributed by atoms with E-state index in [2.05, 4.69) is 4.98 Å². The van der Waals surface area contributed by atoms with Crippen molar-refractivity contribution in [2.75, 3.05) is 12.8 Å². The maximum Gasteiger partial charge on any atom is 0.151 e. The summed E-state index contributed by atoms with van der Waals surface area (Å²) in [4.78, 5) is 4.03. The number of rotatable bonds is 1. The highest BCUT2D eigenvalue weighted by molar-refractivity contribution is 5.92. The fourth-order valence-electron chi connectivity index (χ4n) is 1.38. The Hall–Kier alpha value is -1.77. The molecule has 2 N–H and O–H groups in total. The van der Waals surface area contributed by atoms with Gasteiger partial charge in [0.25, 0.3) is 0 Å². The van der Waals surface area contributed by atoms with Gasteiger partial charge in [0.05, 0.1) is 12.8 Å². The second-order valence-electron chi connectivity index (χ2n) is 2.78. The molecule has 1 aromatic heterocycles. The van der Waals surface area contributed by atoms with E-state index in [0.717, 1.165) is 10.8 Å². The summed E-state index contributed by atoms with van der Waals surface area (Å²) in [5, 5.41) is 2.03. The number of anilines is 1. The predicted molar refractivity (Wildman–Crippen MR) is 52.7 cm³/mol. The zero-order chi connectivity index (χ0) is 9.26. The Bertz CT molecular complexity index is 440. The van der Waals surface area contributed by atoms with Crippen molar-refractivity contribution in [2.45, 2.75) is 0 Å². The van der Waals surface area contributed by atoms with Crippen LogP contribution >= 0.6 is 0 Å². The van der Waals surface area contributed by atoms with Crippen LogP contribution in [0.5, 0.6) is 5.75 Å². The van der Waals surface area contributed by atoms with Crippen LogP contribution in [0.4, 0.5) is 5.69 Å². The van der Waals surface area contributed by atoms with Crippen LogP contribution in [0.1, 0.15) is 0 Å². The van der Waals surface area contributed by atoms with Crippen LogP contribution < -0.4 is 10.5 Å². The van der Waals surface area contributed by atoms with Gasteiger partial charge in [-0.2, -0.15) is 0 Å².